The van der Waals surface area contributed by atoms with Gasteiger partial charge in [0.25, 0.3) is 5.71 Å². The summed E-state index contributed by atoms with van der Waals surface area (Å²) in [4.78, 5) is 23.2. The van der Waals surface area contributed by atoms with Gasteiger partial charge in [-0.25, -0.2) is 14.8 Å². The summed E-state index contributed by atoms with van der Waals surface area (Å²) in [5, 5.41) is 14.7. The van der Waals surface area contributed by atoms with Crippen LogP contribution in [-0.2, 0) is 0 Å². The van der Waals surface area contributed by atoms with Crippen LogP contribution in [0.3, 0.4) is 0 Å². The second-order valence-corrected chi connectivity index (χ2v) is 4.93. The summed E-state index contributed by atoms with van der Waals surface area (Å²) >= 11 is 1.24. The minimum Gasteiger partial charge on any atom is -0.478 e. The average Bonchev–Trinajstić information content (AvgIpc) is 2.82. The molecule has 0 spiro atoms. The fourth-order valence-corrected chi connectivity index (χ4v) is 2.60. The molecule has 0 unspecified atom stereocenters. The van der Waals surface area contributed by atoms with Crippen molar-refractivity contribution in [2.75, 3.05) is 0 Å². The van der Waals surface area contributed by atoms with Crippen LogP contribution in [0.5, 0.6) is 0 Å². The van der Waals surface area contributed by atoms with Crippen LogP contribution in [0.25, 0.3) is 11.1 Å². The number of hydrogen-bond acceptors (Lipinski definition) is 7. The molecule has 0 atom stereocenters. The Morgan fingerprint density at radius 3 is 3.00 bits per heavy atom. The third-order valence-corrected chi connectivity index (χ3v) is 3.53. The molecule has 3 aromatic rings. The largest absolute Gasteiger partial charge is 0.478 e. The Hall–Kier alpha value is -2.48. The van der Waals surface area contributed by atoms with Gasteiger partial charge in [0.1, 0.15) is 16.4 Å². The maximum absolute atomic E-state index is 10.9. The highest BCUT2D eigenvalue weighted by Crippen LogP contribution is 2.31. The summed E-state index contributed by atoms with van der Waals surface area (Å²) in [6, 6.07) is 2.93. The lowest BCUT2D eigenvalue weighted by Crippen LogP contribution is -1.97. The predicted octanol–water partition coefficient (Wildman–Crippen LogP) is 2.17. The summed E-state index contributed by atoms with van der Waals surface area (Å²) in [7, 11) is 0. The maximum Gasteiger partial charge on any atom is 0.335 e. The van der Waals surface area contributed by atoms with Crippen molar-refractivity contribution in [3.05, 3.63) is 35.9 Å². The van der Waals surface area contributed by atoms with Gasteiger partial charge < -0.3 is 9.63 Å². The molecule has 100 valence electrons. The number of fused-ring (bicyclic) bond motifs is 1. The Morgan fingerprint density at radius 2 is 2.20 bits per heavy atom. The second kappa shape index (κ2) is 4.89. The van der Waals surface area contributed by atoms with Crippen molar-refractivity contribution in [3.63, 3.8) is 0 Å². The van der Waals surface area contributed by atoms with E-state index in [2.05, 4.69) is 20.1 Å². The standard InChI is InChI=1S/C12H8N4O3S/c1-6-9-10(19-16-6)14-5-15-11(9)20-8-4-7(12(17)18)2-3-13-8/h2-5H,1H3,(H,17,18). The van der Waals surface area contributed by atoms with E-state index in [1.165, 1.54) is 36.4 Å². The van der Waals surface area contributed by atoms with Crippen LogP contribution < -0.4 is 0 Å². The molecule has 0 saturated heterocycles. The molecule has 0 aliphatic rings. The van der Waals surface area contributed by atoms with Crippen molar-refractivity contribution in [1.82, 2.24) is 20.1 Å². The number of aromatic nitrogens is 4. The van der Waals surface area contributed by atoms with E-state index in [1.54, 1.807) is 6.92 Å². The summed E-state index contributed by atoms with van der Waals surface area (Å²) in [6.45, 7) is 1.79. The van der Waals surface area contributed by atoms with Crippen LogP contribution in [0.2, 0.25) is 0 Å². The molecule has 0 amide bonds. The quantitative estimate of drug-likeness (QED) is 0.731. The van der Waals surface area contributed by atoms with E-state index in [0.29, 0.717) is 26.8 Å². The molecule has 1 N–H and O–H groups in total. The van der Waals surface area contributed by atoms with Crippen LogP contribution in [0.4, 0.5) is 0 Å². The first-order chi connectivity index (χ1) is 9.65. The monoisotopic (exact) mass is 288 g/mol. The van der Waals surface area contributed by atoms with Crippen LogP contribution >= 0.6 is 11.8 Å². The number of pyridine rings is 1. The van der Waals surface area contributed by atoms with Crippen molar-refractivity contribution >= 4 is 28.8 Å². The zero-order valence-electron chi connectivity index (χ0n) is 10.3. The van der Waals surface area contributed by atoms with Gasteiger partial charge in [0.15, 0.2) is 0 Å². The first kappa shape index (κ1) is 12.5. The Morgan fingerprint density at radius 1 is 1.35 bits per heavy atom. The molecular formula is C12H8N4O3S. The fourth-order valence-electron chi connectivity index (χ4n) is 1.67. The normalized spacial score (nSPS) is 10.8. The zero-order valence-corrected chi connectivity index (χ0v) is 11.1. The predicted molar refractivity (Wildman–Crippen MR) is 69.7 cm³/mol. The number of rotatable bonds is 3. The summed E-state index contributed by atoms with van der Waals surface area (Å²) < 4.78 is 5.06. The molecule has 7 nitrogen and oxygen atoms in total. The third-order valence-electron chi connectivity index (χ3n) is 2.59. The number of carbonyl (C=O) groups is 1. The van der Waals surface area contributed by atoms with Gasteiger partial charge in [-0.15, -0.1) is 0 Å². The van der Waals surface area contributed by atoms with Gasteiger partial charge in [-0.3, -0.25) is 0 Å². The van der Waals surface area contributed by atoms with Gasteiger partial charge in [0, 0.05) is 6.20 Å². The number of nitrogens with zero attached hydrogens (tertiary/aromatic N) is 4. The lowest BCUT2D eigenvalue weighted by atomic mass is 10.3. The van der Waals surface area contributed by atoms with Crippen LogP contribution in [0.1, 0.15) is 16.1 Å². The number of aromatic carboxylic acids is 1. The molecule has 3 rings (SSSR count). The van der Waals surface area contributed by atoms with E-state index in [4.69, 9.17) is 9.63 Å². The van der Waals surface area contributed by atoms with Gasteiger partial charge in [0.05, 0.1) is 16.6 Å². The van der Waals surface area contributed by atoms with Gasteiger partial charge in [0.2, 0.25) is 0 Å². The Labute approximate surface area is 117 Å². The summed E-state index contributed by atoms with van der Waals surface area (Å²) in [5.74, 6) is -0.997. The molecule has 0 fully saturated rings. The Balaban J connectivity index is 2.03. The first-order valence-electron chi connectivity index (χ1n) is 5.59. The number of aryl methyl sites for hydroxylation is 1. The molecular weight excluding hydrogens is 280 g/mol. The second-order valence-electron chi connectivity index (χ2n) is 3.92. The molecule has 0 bridgehead atoms. The molecule has 0 aliphatic carbocycles. The Kier molecular flexibility index (Phi) is 3.07. The van der Waals surface area contributed by atoms with Crippen molar-refractivity contribution < 1.29 is 14.4 Å². The van der Waals surface area contributed by atoms with Gasteiger partial charge in [-0.2, -0.15) is 4.98 Å². The first-order valence-corrected chi connectivity index (χ1v) is 6.41. The van der Waals surface area contributed by atoms with Crippen molar-refractivity contribution in [2.24, 2.45) is 0 Å². The average molecular weight is 288 g/mol. The van der Waals surface area contributed by atoms with E-state index in [0.717, 1.165) is 0 Å². The highest BCUT2D eigenvalue weighted by atomic mass is 32.2. The fraction of sp³-hybridized carbons (Fsp3) is 0.0833. The van der Waals surface area contributed by atoms with Gasteiger partial charge >= 0.3 is 5.97 Å². The molecule has 3 aromatic heterocycles. The van der Waals surface area contributed by atoms with E-state index < -0.39 is 5.97 Å². The van der Waals surface area contributed by atoms with Crippen LogP contribution in [0.15, 0.2) is 39.2 Å². The van der Waals surface area contributed by atoms with Crippen molar-refractivity contribution in [2.45, 2.75) is 17.0 Å². The van der Waals surface area contributed by atoms with Crippen LogP contribution in [0, 0.1) is 6.92 Å². The van der Waals surface area contributed by atoms with E-state index >= 15 is 0 Å². The minimum atomic E-state index is -0.997. The number of carboxylic acid groups (broad SMARTS) is 1. The third kappa shape index (κ3) is 2.21. The highest BCUT2D eigenvalue weighted by molar-refractivity contribution is 7.99. The number of carboxylic acids is 1. The molecule has 20 heavy (non-hydrogen) atoms. The SMILES string of the molecule is Cc1noc2ncnc(Sc3cc(C(=O)O)ccn3)c12. The molecule has 0 saturated carbocycles. The molecule has 0 aromatic carbocycles. The lowest BCUT2D eigenvalue weighted by Gasteiger charge is -2.02. The van der Waals surface area contributed by atoms with E-state index in [-0.39, 0.29) is 5.56 Å². The Bertz CT molecular complexity index is 802. The van der Waals surface area contributed by atoms with E-state index in [1.807, 2.05) is 0 Å². The zero-order chi connectivity index (χ0) is 14.1. The molecule has 0 aliphatic heterocycles. The number of hydrogen-bond donors (Lipinski definition) is 1. The van der Waals surface area contributed by atoms with Crippen molar-refractivity contribution in [3.8, 4) is 0 Å². The summed E-state index contributed by atoms with van der Waals surface area (Å²) in [6.07, 6.45) is 2.82. The van der Waals surface area contributed by atoms with Crippen LogP contribution in [-0.4, -0.2) is 31.2 Å². The molecule has 8 heteroatoms. The topological polar surface area (TPSA) is 102 Å². The maximum atomic E-state index is 10.9. The molecule has 3 heterocycles. The van der Waals surface area contributed by atoms with Crippen molar-refractivity contribution in [1.29, 1.82) is 0 Å². The summed E-state index contributed by atoms with van der Waals surface area (Å²) in [5.41, 5.74) is 1.25. The smallest absolute Gasteiger partial charge is 0.335 e. The minimum absolute atomic E-state index is 0.176. The molecule has 0 radical (unpaired) electrons. The highest BCUT2D eigenvalue weighted by Gasteiger charge is 2.14. The van der Waals surface area contributed by atoms with E-state index in [9.17, 15) is 4.79 Å². The van der Waals surface area contributed by atoms with Gasteiger partial charge in [-0.1, -0.05) is 5.16 Å². The van der Waals surface area contributed by atoms with Gasteiger partial charge in [-0.05, 0) is 30.8 Å². The lowest BCUT2D eigenvalue weighted by molar-refractivity contribution is 0.0696.